The van der Waals surface area contributed by atoms with E-state index in [9.17, 15) is 0 Å². The molecular weight excluding hydrogens is 324 g/mol. The van der Waals surface area contributed by atoms with Gasteiger partial charge < -0.3 is 10.6 Å². The Morgan fingerprint density at radius 2 is 1.78 bits per heavy atom. The van der Waals surface area contributed by atoms with Gasteiger partial charge in [-0.1, -0.05) is 42.5 Å². The topological polar surface area (TPSA) is 48.1 Å². The highest BCUT2D eigenvalue weighted by Gasteiger charge is 2.35. The number of benzene rings is 1. The first kappa shape index (κ1) is 16.2. The van der Waals surface area contributed by atoms with Crippen molar-refractivity contribution in [3.05, 3.63) is 48.0 Å². The molecule has 3 rings (SSSR count). The van der Waals surface area contributed by atoms with Crippen molar-refractivity contribution in [2.45, 2.75) is 25.3 Å². The van der Waals surface area contributed by atoms with E-state index in [1.165, 1.54) is 18.4 Å². The molecule has 2 aliphatic rings. The zero-order chi connectivity index (χ0) is 16.1. The summed E-state index contributed by atoms with van der Waals surface area (Å²) in [6, 6.07) is 10.8. The summed E-state index contributed by atoms with van der Waals surface area (Å²) in [6.45, 7) is 0.787. The molecule has 0 radical (unpaired) electrons. The van der Waals surface area contributed by atoms with Crippen LogP contribution in [0.4, 0.5) is 0 Å². The molecule has 0 saturated heterocycles. The third kappa shape index (κ3) is 4.65. The van der Waals surface area contributed by atoms with Crippen LogP contribution in [0.2, 0.25) is 0 Å². The van der Waals surface area contributed by atoms with Crippen LogP contribution >= 0.6 is 24.4 Å². The predicted octanol–water partition coefficient (Wildman–Crippen LogP) is 2.04. The smallest absolute Gasteiger partial charge is 0.185 e. The van der Waals surface area contributed by atoms with Gasteiger partial charge in [-0.3, -0.25) is 10.9 Å². The quantitative estimate of drug-likeness (QED) is 0.380. The first-order chi connectivity index (χ1) is 11.2. The lowest BCUT2D eigenvalue weighted by Crippen LogP contribution is -2.53. The Hall–Kier alpha value is -1.66. The highest BCUT2D eigenvalue weighted by atomic mass is 32.1. The molecule has 1 aromatic carbocycles. The largest absolute Gasteiger partial charge is 0.361 e. The number of hydrazine groups is 1. The van der Waals surface area contributed by atoms with E-state index in [1.807, 2.05) is 18.2 Å². The van der Waals surface area contributed by atoms with E-state index in [4.69, 9.17) is 24.4 Å². The molecule has 2 aliphatic carbocycles. The molecule has 6 heteroatoms. The van der Waals surface area contributed by atoms with Crippen LogP contribution in [0.15, 0.2) is 42.5 Å². The van der Waals surface area contributed by atoms with E-state index in [2.05, 4.69) is 45.8 Å². The molecule has 1 aromatic rings. The van der Waals surface area contributed by atoms with Gasteiger partial charge in [0.25, 0.3) is 0 Å². The second kappa shape index (κ2) is 7.75. The zero-order valence-corrected chi connectivity index (χ0v) is 14.6. The molecule has 0 amide bonds. The molecule has 1 fully saturated rings. The van der Waals surface area contributed by atoms with Crippen molar-refractivity contribution < 1.29 is 0 Å². The Morgan fingerprint density at radius 1 is 1.00 bits per heavy atom. The van der Waals surface area contributed by atoms with Gasteiger partial charge in [-0.15, -0.1) is 0 Å². The Labute approximate surface area is 148 Å². The van der Waals surface area contributed by atoms with E-state index in [1.54, 1.807) is 0 Å². The summed E-state index contributed by atoms with van der Waals surface area (Å²) in [4.78, 5) is 0. The number of hydrogen-bond acceptors (Lipinski definition) is 2. The molecule has 0 aromatic heterocycles. The lowest BCUT2D eigenvalue weighted by molar-refractivity contribution is 0.518. The molecule has 23 heavy (non-hydrogen) atoms. The molecule has 3 atom stereocenters. The van der Waals surface area contributed by atoms with Gasteiger partial charge in [0.2, 0.25) is 0 Å². The van der Waals surface area contributed by atoms with Gasteiger partial charge in [0.05, 0.1) is 0 Å². The van der Waals surface area contributed by atoms with Gasteiger partial charge in [-0.05, 0) is 61.1 Å². The first-order valence-corrected chi connectivity index (χ1v) is 8.85. The minimum absolute atomic E-state index is 0.450. The van der Waals surface area contributed by atoms with Crippen molar-refractivity contribution in [1.82, 2.24) is 21.5 Å². The number of fused-ring (bicyclic) bond motifs is 2. The minimum atomic E-state index is 0.450. The summed E-state index contributed by atoms with van der Waals surface area (Å²) < 4.78 is 0. The van der Waals surface area contributed by atoms with E-state index in [0.29, 0.717) is 22.2 Å². The molecule has 0 heterocycles. The molecular formula is C17H22N4S2. The third-order valence-electron chi connectivity index (χ3n) is 4.43. The van der Waals surface area contributed by atoms with Crippen LogP contribution in [0.3, 0.4) is 0 Å². The monoisotopic (exact) mass is 346 g/mol. The first-order valence-electron chi connectivity index (χ1n) is 8.03. The third-order valence-corrected chi connectivity index (χ3v) is 4.89. The van der Waals surface area contributed by atoms with Crippen molar-refractivity contribution in [2.75, 3.05) is 6.54 Å². The van der Waals surface area contributed by atoms with Crippen molar-refractivity contribution in [2.24, 2.45) is 11.8 Å². The summed E-state index contributed by atoms with van der Waals surface area (Å²) in [5, 5.41) is 7.69. The van der Waals surface area contributed by atoms with Gasteiger partial charge in [0.1, 0.15) is 0 Å². The minimum Gasteiger partial charge on any atom is -0.361 e. The van der Waals surface area contributed by atoms with Crippen molar-refractivity contribution in [1.29, 1.82) is 0 Å². The maximum absolute atomic E-state index is 5.32. The van der Waals surface area contributed by atoms with E-state index >= 15 is 0 Å². The SMILES string of the molecule is S=C(NCCc1ccccc1)NNC(=S)N[C@@H]1C[C@H]2C=C[C@H]1C2. The summed E-state index contributed by atoms with van der Waals surface area (Å²) in [5.41, 5.74) is 7.18. The highest BCUT2D eigenvalue weighted by Crippen LogP contribution is 2.38. The predicted molar refractivity (Wildman–Crippen MR) is 102 cm³/mol. The average molecular weight is 347 g/mol. The molecule has 0 spiro atoms. The maximum atomic E-state index is 5.32. The molecule has 4 N–H and O–H groups in total. The Kier molecular flexibility index (Phi) is 5.46. The van der Waals surface area contributed by atoms with Crippen LogP contribution < -0.4 is 21.5 Å². The van der Waals surface area contributed by atoms with Gasteiger partial charge in [0.15, 0.2) is 10.2 Å². The number of nitrogens with one attached hydrogen (secondary N) is 4. The fraction of sp³-hybridized carbons (Fsp3) is 0.412. The molecule has 0 unspecified atom stereocenters. The number of thiocarbonyl (C=S) groups is 2. The van der Waals surface area contributed by atoms with Gasteiger partial charge in [0, 0.05) is 12.6 Å². The number of hydrogen-bond donors (Lipinski definition) is 4. The van der Waals surface area contributed by atoms with Gasteiger partial charge in [-0.25, -0.2) is 0 Å². The zero-order valence-electron chi connectivity index (χ0n) is 12.9. The van der Waals surface area contributed by atoms with E-state index < -0.39 is 0 Å². The Morgan fingerprint density at radius 3 is 2.48 bits per heavy atom. The van der Waals surface area contributed by atoms with E-state index in [-0.39, 0.29) is 0 Å². The van der Waals surface area contributed by atoms with Crippen LogP contribution in [0, 0.1) is 11.8 Å². The van der Waals surface area contributed by atoms with Crippen molar-refractivity contribution in [3.8, 4) is 0 Å². The van der Waals surface area contributed by atoms with Crippen LogP contribution in [0.1, 0.15) is 18.4 Å². The average Bonchev–Trinajstić information content (AvgIpc) is 3.17. The van der Waals surface area contributed by atoms with Crippen LogP contribution in [-0.2, 0) is 6.42 Å². The van der Waals surface area contributed by atoms with Crippen LogP contribution in [-0.4, -0.2) is 22.8 Å². The summed E-state index contributed by atoms with van der Waals surface area (Å²) in [5.74, 6) is 1.35. The molecule has 2 bridgehead atoms. The standard InChI is InChI=1S/C17H22N4S2/c22-16(18-9-8-12-4-2-1-3-5-12)20-21-17(23)19-15-11-13-6-7-14(15)10-13/h1-7,13-15H,8-11H2,(H2,18,20,22)(H2,19,21,23)/t13-,14-,15+/m0/s1. The molecule has 122 valence electrons. The fourth-order valence-corrected chi connectivity index (χ4v) is 3.63. The maximum Gasteiger partial charge on any atom is 0.185 e. The normalized spacial score (nSPS) is 24.3. The van der Waals surface area contributed by atoms with Gasteiger partial charge in [-0.2, -0.15) is 0 Å². The van der Waals surface area contributed by atoms with Gasteiger partial charge >= 0.3 is 0 Å². The second-order valence-electron chi connectivity index (χ2n) is 6.10. The molecule has 1 saturated carbocycles. The Bertz CT molecular complexity index is 588. The number of rotatable bonds is 4. The lowest BCUT2D eigenvalue weighted by atomic mass is 10.0. The molecule has 0 aliphatic heterocycles. The van der Waals surface area contributed by atoms with Crippen LogP contribution in [0.5, 0.6) is 0 Å². The van der Waals surface area contributed by atoms with Crippen molar-refractivity contribution in [3.63, 3.8) is 0 Å². The Balaban J connectivity index is 1.29. The van der Waals surface area contributed by atoms with E-state index in [0.717, 1.165) is 18.9 Å². The molecule has 4 nitrogen and oxygen atoms in total. The summed E-state index contributed by atoms with van der Waals surface area (Å²) in [6.07, 6.45) is 7.99. The fourth-order valence-electron chi connectivity index (χ4n) is 3.27. The van der Waals surface area contributed by atoms with Crippen LogP contribution in [0.25, 0.3) is 0 Å². The second-order valence-corrected chi connectivity index (χ2v) is 6.92. The summed E-state index contributed by atoms with van der Waals surface area (Å²) >= 11 is 10.6. The summed E-state index contributed by atoms with van der Waals surface area (Å²) in [7, 11) is 0. The number of allylic oxidation sites excluding steroid dienone is 1. The lowest BCUT2D eigenvalue weighted by Gasteiger charge is -2.22. The van der Waals surface area contributed by atoms with Crippen molar-refractivity contribution >= 4 is 34.7 Å². The highest BCUT2D eigenvalue weighted by molar-refractivity contribution is 7.80.